The fourth-order valence-corrected chi connectivity index (χ4v) is 4.40. The van der Waals surface area contributed by atoms with Crippen molar-refractivity contribution in [3.05, 3.63) is 71.7 Å². The van der Waals surface area contributed by atoms with Gasteiger partial charge >= 0.3 is 5.97 Å². The van der Waals surface area contributed by atoms with E-state index in [4.69, 9.17) is 0 Å². The summed E-state index contributed by atoms with van der Waals surface area (Å²) < 4.78 is 0. The monoisotopic (exact) mass is 383 g/mol. The molecule has 5 nitrogen and oxygen atoms in total. The van der Waals surface area contributed by atoms with Crippen molar-refractivity contribution >= 4 is 27.8 Å². The Hall–Kier alpha value is -3.73. The summed E-state index contributed by atoms with van der Waals surface area (Å²) in [6, 6.07) is 14.1. The van der Waals surface area contributed by atoms with E-state index in [1.165, 1.54) is 0 Å². The second kappa shape index (κ2) is 6.41. The number of aromatic nitrogens is 3. The molecule has 5 aromatic rings. The molecule has 0 fully saturated rings. The van der Waals surface area contributed by atoms with Crippen LogP contribution in [0.4, 0.5) is 0 Å². The number of fused-ring (bicyclic) bond motifs is 2. The molecule has 0 bridgehead atoms. The van der Waals surface area contributed by atoms with Crippen molar-refractivity contribution < 1.29 is 9.90 Å². The summed E-state index contributed by atoms with van der Waals surface area (Å²) in [5, 5.41) is 12.1. The lowest BCUT2D eigenvalue weighted by atomic mass is 9.93. The molecule has 3 heterocycles. The first-order chi connectivity index (χ1) is 14.1. The van der Waals surface area contributed by atoms with Gasteiger partial charge in [0, 0.05) is 45.3 Å². The van der Waals surface area contributed by atoms with E-state index in [-0.39, 0.29) is 5.69 Å². The lowest BCUT2D eigenvalue weighted by Gasteiger charge is -2.09. The molecule has 144 valence electrons. The number of benzene rings is 2. The van der Waals surface area contributed by atoms with Gasteiger partial charge < -0.3 is 20.1 Å². The van der Waals surface area contributed by atoms with E-state index in [1.807, 2.05) is 42.7 Å². The van der Waals surface area contributed by atoms with Gasteiger partial charge in [0.25, 0.3) is 0 Å². The fraction of sp³-hybridized carbons (Fsp3) is 0.125. The van der Waals surface area contributed by atoms with Gasteiger partial charge in [0.15, 0.2) is 0 Å². The molecule has 2 aromatic carbocycles. The van der Waals surface area contributed by atoms with E-state index in [9.17, 15) is 9.90 Å². The van der Waals surface area contributed by atoms with Gasteiger partial charge in [-0.15, -0.1) is 0 Å². The molecule has 3 aromatic heterocycles. The molecule has 0 unspecified atom stereocenters. The highest BCUT2D eigenvalue weighted by atomic mass is 16.4. The first kappa shape index (κ1) is 17.4. The highest BCUT2D eigenvalue weighted by Gasteiger charge is 2.25. The second-order valence-electron chi connectivity index (χ2n) is 7.33. The average Bonchev–Trinajstić information content (AvgIpc) is 3.45. The molecule has 0 saturated heterocycles. The SMILES string of the molecule is CCc1c(-c2ccc(C)c3[nH]ccc23)[nH]c(C(=O)O)c1-c1cccc2[nH]ccc12. The normalized spacial score (nSPS) is 11.5. The highest BCUT2D eigenvalue weighted by molar-refractivity contribution is 6.06. The summed E-state index contributed by atoms with van der Waals surface area (Å²) in [5.41, 5.74) is 8.06. The number of aromatic amines is 3. The molecule has 0 spiro atoms. The standard InChI is InChI=1S/C24H21N3O2/c1-3-14-20(16-5-4-6-19-15(16)9-11-25-19)23(24(28)29)27-22(14)17-8-7-13(2)21-18(17)10-12-26-21/h4-12,25-27H,3H2,1-2H3,(H,28,29). The van der Waals surface area contributed by atoms with Crippen LogP contribution in [0.25, 0.3) is 44.2 Å². The Morgan fingerprint density at radius 3 is 2.55 bits per heavy atom. The summed E-state index contributed by atoms with van der Waals surface area (Å²) in [7, 11) is 0. The lowest BCUT2D eigenvalue weighted by molar-refractivity contribution is 0.0692. The zero-order chi connectivity index (χ0) is 20.1. The van der Waals surface area contributed by atoms with Crippen LogP contribution in [0.2, 0.25) is 0 Å². The van der Waals surface area contributed by atoms with Gasteiger partial charge in [0.05, 0.1) is 5.69 Å². The molecule has 0 radical (unpaired) electrons. The van der Waals surface area contributed by atoms with Crippen molar-refractivity contribution in [2.45, 2.75) is 20.3 Å². The molecular weight excluding hydrogens is 362 g/mol. The third kappa shape index (κ3) is 2.51. The number of hydrogen-bond acceptors (Lipinski definition) is 1. The predicted octanol–water partition coefficient (Wildman–Crippen LogP) is 5.88. The fourth-order valence-electron chi connectivity index (χ4n) is 4.40. The van der Waals surface area contributed by atoms with Crippen LogP contribution >= 0.6 is 0 Å². The van der Waals surface area contributed by atoms with Crippen molar-refractivity contribution in [2.24, 2.45) is 0 Å². The Morgan fingerprint density at radius 2 is 1.76 bits per heavy atom. The molecule has 0 aliphatic heterocycles. The van der Waals surface area contributed by atoms with Crippen molar-refractivity contribution in [1.82, 2.24) is 15.0 Å². The van der Waals surface area contributed by atoms with Crippen molar-refractivity contribution in [3.8, 4) is 22.4 Å². The largest absolute Gasteiger partial charge is 0.477 e. The zero-order valence-corrected chi connectivity index (χ0v) is 16.3. The molecule has 5 rings (SSSR count). The van der Waals surface area contributed by atoms with Gasteiger partial charge in [-0.1, -0.05) is 31.2 Å². The third-order valence-electron chi connectivity index (χ3n) is 5.74. The van der Waals surface area contributed by atoms with E-state index in [2.05, 4.69) is 40.9 Å². The van der Waals surface area contributed by atoms with E-state index >= 15 is 0 Å². The molecule has 0 saturated carbocycles. The number of rotatable bonds is 4. The van der Waals surface area contributed by atoms with Crippen LogP contribution in [0.15, 0.2) is 54.9 Å². The van der Waals surface area contributed by atoms with Crippen molar-refractivity contribution in [3.63, 3.8) is 0 Å². The Labute approximate surface area is 167 Å². The maximum absolute atomic E-state index is 12.2. The molecule has 4 N–H and O–H groups in total. The van der Waals surface area contributed by atoms with Gasteiger partial charge in [-0.05, 0) is 48.2 Å². The molecule has 5 heteroatoms. The van der Waals surface area contributed by atoms with Crippen molar-refractivity contribution in [1.29, 1.82) is 0 Å². The number of H-pyrrole nitrogens is 3. The van der Waals surface area contributed by atoms with Crippen LogP contribution in [0.3, 0.4) is 0 Å². The maximum Gasteiger partial charge on any atom is 0.352 e. The number of carbonyl (C=O) groups is 1. The van der Waals surface area contributed by atoms with Crippen molar-refractivity contribution in [2.75, 3.05) is 0 Å². The molecule has 0 amide bonds. The van der Waals surface area contributed by atoms with Crippen LogP contribution < -0.4 is 0 Å². The summed E-state index contributed by atoms with van der Waals surface area (Å²) >= 11 is 0. The minimum atomic E-state index is -0.953. The number of nitrogens with one attached hydrogen (secondary N) is 3. The summed E-state index contributed by atoms with van der Waals surface area (Å²) in [4.78, 5) is 22.0. The summed E-state index contributed by atoms with van der Waals surface area (Å²) in [5.74, 6) is -0.953. The van der Waals surface area contributed by atoms with E-state index < -0.39 is 5.97 Å². The smallest absolute Gasteiger partial charge is 0.352 e. The second-order valence-corrected chi connectivity index (χ2v) is 7.33. The third-order valence-corrected chi connectivity index (χ3v) is 5.74. The predicted molar refractivity (Wildman–Crippen MR) is 116 cm³/mol. The first-order valence-electron chi connectivity index (χ1n) is 9.71. The number of hydrogen-bond donors (Lipinski definition) is 4. The van der Waals surface area contributed by atoms with E-state index in [0.717, 1.165) is 61.7 Å². The van der Waals surface area contributed by atoms with Gasteiger partial charge in [-0.3, -0.25) is 0 Å². The Bertz CT molecular complexity index is 1380. The maximum atomic E-state index is 12.2. The number of aromatic carboxylic acids is 1. The van der Waals surface area contributed by atoms with Crippen LogP contribution in [-0.4, -0.2) is 26.0 Å². The molecule has 0 atom stereocenters. The summed E-state index contributed by atoms with van der Waals surface area (Å²) in [6.45, 7) is 4.14. The minimum Gasteiger partial charge on any atom is -0.477 e. The average molecular weight is 383 g/mol. The zero-order valence-electron chi connectivity index (χ0n) is 16.3. The first-order valence-corrected chi connectivity index (χ1v) is 9.71. The number of aryl methyl sites for hydroxylation is 1. The van der Waals surface area contributed by atoms with E-state index in [0.29, 0.717) is 0 Å². The molecular formula is C24H21N3O2. The van der Waals surface area contributed by atoms with Gasteiger partial charge in [0.1, 0.15) is 5.69 Å². The van der Waals surface area contributed by atoms with Gasteiger partial charge in [-0.25, -0.2) is 4.79 Å². The quantitative estimate of drug-likeness (QED) is 0.312. The van der Waals surface area contributed by atoms with Crippen LogP contribution in [0, 0.1) is 6.92 Å². The number of carboxylic acid groups (broad SMARTS) is 1. The van der Waals surface area contributed by atoms with Crippen LogP contribution in [-0.2, 0) is 6.42 Å². The number of carboxylic acids is 1. The lowest BCUT2D eigenvalue weighted by Crippen LogP contribution is -1.99. The van der Waals surface area contributed by atoms with Crippen LogP contribution in [0.1, 0.15) is 28.5 Å². The van der Waals surface area contributed by atoms with Gasteiger partial charge in [-0.2, -0.15) is 0 Å². The minimum absolute atomic E-state index is 0.231. The highest BCUT2D eigenvalue weighted by Crippen LogP contribution is 2.41. The van der Waals surface area contributed by atoms with Crippen LogP contribution in [0.5, 0.6) is 0 Å². The van der Waals surface area contributed by atoms with Gasteiger partial charge in [0.2, 0.25) is 0 Å². The van der Waals surface area contributed by atoms with E-state index in [1.54, 1.807) is 0 Å². The summed E-state index contributed by atoms with van der Waals surface area (Å²) in [6.07, 6.45) is 4.53. The Morgan fingerprint density at radius 1 is 0.966 bits per heavy atom. The molecule has 0 aliphatic rings. The molecule has 29 heavy (non-hydrogen) atoms. The topological polar surface area (TPSA) is 84.7 Å². The Kier molecular flexibility index (Phi) is 3.84. The molecule has 0 aliphatic carbocycles. The Balaban J connectivity index is 1.87.